The topological polar surface area (TPSA) is 12.0 Å². The Balaban J connectivity index is 1.65. The van der Waals surface area contributed by atoms with Gasteiger partial charge in [-0.15, -0.1) is 0 Å². The lowest BCUT2D eigenvalue weighted by atomic mass is 9.81. The summed E-state index contributed by atoms with van der Waals surface area (Å²) in [5.74, 6) is 4.31. The van der Waals surface area contributed by atoms with Crippen LogP contribution >= 0.6 is 11.8 Å². The lowest BCUT2D eigenvalue weighted by Crippen LogP contribution is -2.43. The molecule has 2 rings (SSSR count). The average molecular weight is 213 g/mol. The minimum atomic E-state index is 0.959. The largest absolute Gasteiger partial charge is 0.316 e. The minimum Gasteiger partial charge on any atom is -0.316 e. The average Bonchev–Trinajstić information content (AvgIpc) is 2.08. The van der Waals surface area contributed by atoms with Gasteiger partial charge in [-0.25, -0.2) is 0 Å². The summed E-state index contributed by atoms with van der Waals surface area (Å²) >= 11 is 2.25. The molecule has 1 saturated heterocycles. The zero-order valence-corrected chi connectivity index (χ0v) is 10.3. The van der Waals surface area contributed by atoms with Crippen LogP contribution in [0.1, 0.15) is 33.1 Å². The van der Waals surface area contributed by atoms with Crippen LogP contribution in [0.15, 0.2) is 0 Å². The highest BCUT2D eigenvalue weighted by atomic mass is 32.2. The highest BCUT2D eigenvalue weighted by molar-refractivity contribution is 7.99. The van der Waals surface area contributed by atoms with Crippen molar-refractivity contribution in [1.82, 2.24) is 5.32 Å². The Labute approximate surface area is 92.4 Å². The van der Waals surface area contributed by atoms with Gasteiger partial charge in [0.15, 0.2) is 0 Å². The molecule has 0 aromatic rings. The van der Waals surface area contributed by atoms with Crippen LogP contribution in [0, 0.1) is 17.8 Å². The van der Waals surface area contributed by atoms with E-state index in [0.29, 0.717) is 0 Å². The van der Waals surface area contributed by atoms with Crippen LogP contribution in [0.4, 0.5) is 0 Å². The van der Waals surface area contributed by atoms with E-state index in [-0.39, 0.29) is 0 Å². The summed E-state index contributed by atoms with van der Waals surface area (Å²) in [7, 11) is 0. The Kier molecular flexibility index (Phi) is 3.78. The van der Waals surface area contributed by atoms with E-state index in [9.17, 15) is 0 Å². The van der Waals surface area contributed by atoms with Gasteiger partial charge in [0.05, 0.1) is 0 Å². The second-order valence-corrected chi connectivity index (χ2v) is 6.58. The van der Waals surface area contributed by atoms with Gasteiger partial charge >= 0.3 is 0 Å². The highest BCUT2D eigenvalue weighted by Gasteiger charge is 2.26. The fourth-order valence-corrected chi connectivity index (χ4v) is 3.91. The summed E-state index contributed by atoms with van der Waals surface area (Å²) in [5, 5.41) is 4.33. The van der Waals surface area contributed by atoms with E-state index in [2.05, 4.69) is 30.9 Å². The van der Waals surface area contributed by atoms with E-state index < -0.39 is 0 Å². The smallest absolute Gasteiger partial charge is 0.00499 e. The van der Waals surface area contributed by atoms with Crippen molar-refractivity contribution in [3.05, 3.63) is 0 Å². The van der Waals surface area contributed by atoms with E-state index in [1.807, 2.05) is 0 Å². The van der Waals surface area contributed by atoms with Gasteiger partial charge in [-0.3, -0.25) is 0 Å². The molecule has 0 bridgehead atoms. The summed E-state index contributed by atoms with van der Waals surface area (Å²) in [6.07, 6.45) is 4.39. The SMILES string of the molecule is CC1CCC(SCC2CNC2)CC1C. The Bertz CT molecular complexity index is 179. The van der Waals surface area contributed by atoms with Crippen LogP contribution in [0.2, 0.25) is 0 Å². The normalized spacial score (nSPS) is 39.4. The Morgan fingerprint density at radius 3 is 2.50 bits per heavy atom. The van der Waals surface area contributed by atoms with Gasteiger partial charge in [-0.2, -0.15) is 11.8 Å². The fraction of sp³-hybridized carbons (Fsp3) is 1.00. The second kappa shape index (κ2) is 4.89. The molecule has 2 aliphatic rings. The van der Waals surface area contributed by atoms with Gasteiger partial charge in [0.25, 0.3) is 0 Å². The third-order valence-electron chi connectivity index (χ3n) is 3.98. The standard InChI is InChI=1S/C12H23NS/c1-9-3-4-12(5-10(9)2)14-8-11-6-13-7-11/h9-13H,3-8H2,1-2H3. The lowest BCUT2D eigenvalue weighted by molar-refractivity contribution is 0.283. The molecule has 0 spiro atoms. The molecule has 1 saturated carbocycles. The molecular weight excluding hydrogens is 190 g/mol. The van der Waals surface area contributed by atoms with Gasteiger partial charge in [0, 0.05) is 5.25 Å². The number of nitrogens with one attached hydrogen (secondary N) is 1. The van der Waals surface area contributed by atoms with Crippen LogP contribution in [-0.2, 0) is 0 Å². The van der Waals surface area contributed by atoms with Gasteiger partial charge in [0.2, 0.25) is 0 Å². The summed E-state index contributed by atoms with van der Waals surface area (Å²) in [5.41, 5.74) is 0. The molecule has 2 heteroatoms. The third kappa shape index (κ3) is 2.66. The molecular formula is C12H23NS. The maximum atomic E-state index is 3.35. The highest BCUT2D eigenvalue weighted by Crippen LogP contribution is 2.36. The molecule has 0 aromatic heterocycles. The predicted molar refractivity (Wildman–Crippen MR) is 64.8 cm³/mol. The zero-order valence-electron chi connectivity index (χ0n) is 9.46. The van der Waals surface area contributed by atoms with Crippen LogP contribution < -0.4 is 5.32 Å². The summed E-state index contributed by atoms with van der Waals surface area (Å²) < 4.78 is 0. The number of hydrogen-bond acceptors (Lipinski definition) is 2. The summed E-state index contributed by atoms with van der Waals surface area (Å²) in [6.45, 7) is 7.39. The van der Waals surface area contributed by atoms with Crippen LogP contribution in [-0.4, -0.2) is 24.1 Å². The van der Waals surface area contributed by atoms with Crippen molar-refractivity contribution in [1.29, 1.82) is 0 Å². The zero-order chi connectivity index (χ0) is 9.97. The van der Waals surface area contributed by atoms with E-state index in [0.717, 1.165) is 23.0 Å². The first kappa shape index (κ1) is 10.8. The first-order chi connectivity index (χ1) is 6.75. The first-order valence-electron chi connectivity index (χ1n) is 6.08. The summed E-state index contributed by atoms with van der Waals surface area (Å²) in [4.78, 5) is 0. The third-order valence-corrected chi connectivity index (χ3v) is 5.55. The molecule has 0 amide bonds. The van der Waals surface area contributed by atoms with E-state index in [1.54, 1.807) is 0 Å². The second-order valence-electron chi connectivity index (χ2n) is 5.25. The lowest BCUT2D eigenvalue weighted by Gasteiger charge is -2.34. The van der Waals surface area contributed by atoms with E-state index in [1.165, 1.54) is 38.1 Å². The predicted octanol–water partition coefficient (Wildman–Crippen LogP) is 2.76. The van der Waals surface area contributed by atoms with Crippen molar-refractivity contribution >= 4 is 11.8 Å². The Hall–Kier alpha value is 0.310. The Morgan fingerprint density at radius 1 is 1.14 bits per heavy atom. The molecule has 1 aliphatic carbocycles. The van der Waals surface area contributed by atoms with Gasteiger partial charge in [-0.1, -0.05) is 13.8 Å². The summed E-state index contributed by atoms with van der Waals surface area (Å²) in [6, 6.07) is 0. The maximum Gasteiger partial charge on any atom is 0.00499 e. The fourth-order valence-electron chi connectivity index (χ4n) is 2.39. The van der Waals surface area contributed by atoms with Gasteiger partial charge in [0.1, 0.15) is 0 Å². The molecule has 2 fully saturated rings. The van der Waals surface area contributed by atoms with Crippen molar-refractivity contribution in [3.8, 4) is 0 Å². The maximum absolute atomic E-state index is 3.35. The molecule has 1 aliphatic heterocycles. The van der Waals surface area contributed by atoms with Crippen LogP contribution in [0.3, 0.4) is 0 Å². The van der Waals surface area contributed by atoms with Crippen molar-refractivity contribution in [2.45, 2.75) is 38.4 Å². The molecule has 82 valence electrons. The Morgan fingerprint density at radius 2 is 1.93 bits per heavy atom. The van der Waals surface area contributed by atoms with Crippen molar-refractivity contribution < 1.29 is 0 Å². The molecule has 3 unspecified atom stereocenters. The molecule has 0 radical (unpaired) electrons. The van der Waals surface area contributed by atoms with Crippen LogP contribution in [0.25, 0.3) is 0 Å². The van der Waals surface area contributed by atoms with Gasteiger partial charge < -0.3 is 5.32 Å². The number of thioether (sulfide) groups is 1. The quantitative estimate of drug-likeness (QED) is 0.773. The molecule has 3 atom stereocenters. The molecule has 0 aromatic carbocycles. The van der Waals surface area contributed by atoms with Gasteiger partial charge in [-0.05, 0) is 55.9 Å². The minimum absolute atomic E-state index is 0.959. The molecule has 1 nitrogen and oxygen atoms in total. The molecule has 1 heterocycles. The monoisotopic (exact) mass is 213 g/mol. The van der Waals surface area contributed by atoms with Crippen molar-refractivity contribution in [2.24, 2.45) is 17.8 Å². The van der Waals surface area contributed by atoms with E-state index >= 15 is 0 Å². The first-order valence-corrected chi connectivity index (χ1v) is 7.13. The van der Waals surface area contributed by atoms with Crippen molar-refractivity contribution in [3.63, 3.8) is 0 Å². The molecule has 1 N–H and O–H groups in total. The number of hydrogen-bond donors (Lipinski definition) is 1. The van der Waals surface area contributed by atoms with Crippen LogP contribution in [0.5, 0.6) is 0 Å². The van der Waals surface area contributed by atoms with E-state index in [4.69, 9.17) is 0 Å². The number of rotatable bonds is 3. The van der Waals surface area contributed by atoms with Crippen molar-refractivity contribution in [2.75, 3.05) is 18.8 Å². The molecule has 14 heavy (non-hydrogen) atoms.